The zero-order chi connectivity index (χ0) is 13.0. The second-order valence-electron chi connectivity index (χ2n) is 4.54. The zero-order valence-corrected chi connectivity index (χ0v) is 12.0. The molecule has 1 aromatic carbocycles. The number of aryl methyl sites for hydroxylation is 1. The lowest BCUT2D eigenvalue weighted by Crippen LogP contribution is -2.22. The van der Waals surface area contributed by atoms with Crippen molar-refractivity contribution >= 4 is 11.3 Å². The molecule has 0 saturated heterocycles. The average molecular weight is 260 g/mol. The third kappa shape index (κ3) is 3.18. The minimum atomic E-state index is 0.297. The fourth-order valence-corrected chi connectivity index (χ4v) is 2.84. The van der Waals surface area contributed by atoms with E-state index in [0.717, 1.165) is 6.42 Å². The van der Waals surface area contributed by atoms with Gasteiger partial charge >= 0.3 is 0 Å². The van der Waals surface area contributed by atoms with Crippen LogP contribution in [-0.4, -0.2) is 4.98 Å². The second kappa shape index (κ2) is 6.12. The Bertz CT molecular complexity index is 478. The smallest absolute Gasteiger partial charge is 0.109 e. The highest BCUT2D eigenvalue weighted by molar-refractivity contribution is 7.11. The summed E-state index contributed by atoms with van der Waals surface area (Å²) in [5, 5.41) is 4.77. The van der Waals surface area contributed by atoms with Crippen LogP contribution in [0.5, 0.6) is 0 Å². The number of nitrogens with one attached hydrogen (secondary N) is 1. The number of rotatable bonds is 5. The van der Waals surface area contributed by atoms with Gasteiger partial charge in [0.05, 0.1) is 6.04 Å². The van der Waals surface area contributed by atoms with E-state index in [4.69, 9.17) is 0 Å². The lowest BCUT2D eigenvalue weighted by molar-refractivity contribution is 0.493. The molecule has 1 aromatic heterocycles. The molecule has 2 unspecified atom stereocenters. The average Bonchev–Trinajstić information content (AvgIpc) is 2.88. The Balaban J connectivity index is 2.01. The van der Waals surface area contributed by atoms with Crippen LogP contribution in [-0.2, 0) is 6.42 Å². The Morgan fingerprint density at radius 3 is 2.50 bits per heavy atom. The van der Waals surface area contributed by atoms with E-state index in [0.29, 0.717) is 12.1 Å². The van der Waals surface area contributed by atoms with E-state index < -0.39 is 0 Å². The number of hydrogen-bond acceptors (Lipinski definition) is 3. The van der Waals surface area contributed by atoms with E-state index in [2.05, 4.69) is 55.3 Å². The van der Waals surface area contributed by atoms with Crippen LogP contribution in [0.25, 0.3) is 0 Å². The van der Waals surface area contributed by atoms with Gasteiger partial charge in [-0.2, -0.15) is 0 Å². The summed E-state index contributed by atoms with van der Waals surface area (Å²) >= 11 is 1.80. The third-order valence-corrected chi connectivity index (χ3v) is 4.41. The minimum absolute atomic E-state index is 0.297. The van der Waals surface area contributed by atoms with Crippen molar-refractivity contribution in [1.29, 1.82) is 0 Å². The predicted octanol–water partition coefficient (Wildman–Crippen LogP) is 4.12. The molecule has 1 N–H and O–H groups in total. The summed E-state index contributed by atoms with van der Waals surface area (Å²) < 4.78 is 0. The number of aromatic nitrogens is 1. The van der Waals surface area contributed by atoms with Gasteiger partial charge in [-0.15, -0.1) is 11.3 Å². The summed E-state index contributed by atoms with van der Waals surface area (Å²) in [6.45, 7) is 6.54. The van der Waals surface area contributed by atoms with Gasteiger partial charge in [-0.05, 0) is 25.8 Å². The molecule has 0 bridgehead atoms. The summed E-state index contributed by atoms with van der Waals surface area (Å²) in [5.41, 5.74) is 1.32. The van der Waals surface area contributed by atoms with E-state index in [1.807, 2.05) is 12.3 Å². The van der Waals surface area contributed by atoms with Crippen LogP contribution in [0.4, 0.5) is 0 Å². The predicted molar refractivity (Wildman–Crippen MR) is 77.9 cm³/mol. The molecule has 0 aliphatic rings. The van der Waals surface area contributed by atoms with E-state index in [1.54, 1.807) is 11.3 Å². The maximum atomic E-state index is 4.49. The Morgan fingerprint density at radius 2 is 1.89 bits per heavy atom. The van der Waals surface area contributed by atoms with Gasteiger partial charge in [0.2, 0.25) is 0 Å². The first-order valence-electron chi connectivity index (χ1n) is 6.46. The van der Waals surface area contributed by atoms with E-state index >= 15 is 0 Å². The van der Waals surface area contributed by atoms with Crippen LogP contribution in [0.15, 0.2) is 36.5 Å². The van der Waals surface area contributed by atoms with Crippen LogP contribution >= 0.6 is 11.3 Å². The summed E-state index contributed by atoms with van der Waals surface area (Å²) in [4.78, 5) is 5.84. The maximum Gasteiger partial charge on any atom is 0.109 e. The molecule has 0 aliphatic carbocycles. The van der Waals surface area contributed by atoms with Crippen LogP contribution in [0.3, 0.4) is 0 Å². The SMILES string of the molecule is CCc1cnc(C(C)NC(C)c2ccccc2)s1. The molecule has 96 valence electrons. The number of thiazole rings is 1. The molecular formula is C15H20N2S. The van der Waals surface area contributed by atoms with E-state index in [9.17, 15) is 0 Å². The first-order valence-corrected chi connectivity index (χ1v) is 7.28. The maximum absolute atomic E-state index is 4.49. The monoisotopic (exact) mass is 260 g/mol. The van der Waals surface area contributed by atoms with Crippen molar-refractivity contribution < 1.29 is 0 Å². The van der Waals surface area contributed by atoms with Gasteiger partial charge in [0.15, 0.2) is 0 Å². The highest BCUT2D eigenvalue weighted by Crippen LogP contribution is 2.23. The molecule has 0 fully saturated rings. The quantitative estimate of drug-likeness (QED) is 0.875. The molecule has 2 rings (SSSR count). The van der Waals surface area contributed by atoms with Crippen LogP contribution in [0.2, 0.25) is 0 Å². The van der Waals surface area contributed by atoms with Gasteiger partial charge in [0.25, 0.3) is 0 Å². The summed E-state index contributed by atoms with van der Waals surface area (Å²) in [6, 6.07) is 11.2. The summed E-state index contributed by atoms with van der Waals surface area (Å²) in [6.07, 6.45) is 3.06. The number of benzene rings is 1. The van der Waals surface area contributed by atoms with Crippen molar-refractivity contribution in [3.63, 3.8) is 0 Å². The normalized spacial score (nSPS) is 14.4. The van der Waals surface area contributed by atoms with Crippen LogP contribution in [0.1, 0.15) is 48.3 Å². The van der Waals surface area contributed by atoms with Crippen molar-refractivity contribution in [2.24, 2.45) is 0 Å². The first-order chi connectivity index (χ1) is 8.70. The Hall–Kier alpha value is -1.19. The van der Waals surface area contributed by atoms with Gasteiger partial charge in [0.1, 0.15) is 5.01 Å². The van der Waals surface area contributed by atoms with Crippen molar-refractivity contribution in [3.8, 4) is 0 Å². The van der Waals surface area contributed by atoms with Crippen LogP contribution < -0.4 is 5.32 Å². The lowest BCUT2D eigenvalue weighted by atomic mass is 10.1. The molecule has 3 heteroatoms. The van der Waals surface area contributed by atoms with E-state index in [-0.39, 0.29) is 0 Å². The molecule has 0 amide bonds. The molecule has 2 nitrogen and oxygen atoms in total. The molecule has 0 spiro atoms. The molecule has 2 aromatic rings. The van der Waals surface area contributed by atoms with Gasteiger partial charge in [-0.25, -0.2) is 4.98 Å². The third-order valence-electron chi connectivity index (χ3n) is 3.09. The van der Waals surface area contributed by atoms with Crippen molar-refractivity contribution in [2.75, 3.05) is 0 Å². The largest absolute Gasteiger partial charge is 0.302 e. The zero-order valence-electron chi connectivity index (χ0n) is 11.2. The van der Waals surface area contributed by atoms with Crippen molar-refractivity contribution in [3.05, 3.63) is 52.0 Å². The molecular weight excluding hydrogens is 240 g/mol. The molecule has 1 heterocycles. The fourth-order valence-electron chi connectivity index (χ4n) is 1.97. The topological polar surface area (TPSA) is 24.9 Å². The molecule has 0 saturated carbocycles. The summed E-state index contributed by atoms with van der Waals surface area (Å²) in [7, 11) is 0. The summed E-state index contributed by atoms with van der Waals surface area (Å²) in [5.74, 6) is 0. The molecule has 0 aliphatic heterocycles. The van der Waals surface area contributed by atoms with Crippen molar-refractivity contribution in [2.45, 2.75) is 39.3 Å². The Labute approximate surface area is 113 Å². The Kier molecular flexibility index (Phi) is 4.50. The van der Waals surface area contributed by atoms with Crippen LogP contribution in [0, 0.1) is 0 Å². The second-order valence-corrected chi connectivity index (χ2v) is 5.69. The first kappa shape index (κ1) is 13.2. The van der Waals surface area contributed by atoms with Gasteiger partial charge in [0, 0.05) is 17.1 Å². The van der Waals surface area contributed by atoms with Gasteiger partial charge in [-0.3, -0.25) is 0 Å². The number of nitrogens with zero attached hydrogens (tertiary/aromatic N) is 1. The molecule has 0 radical (unpaired) electrons. The highest BCUT2D eigenvalue weighted by Gasteiger charge is 2.13. The fraction of sp³-hybridized carbons (Fsp3) is 0.400. The van der Waals surface area contributed by atoms with E-state index in [1.165, 1.54) is 15.4 Å². The molecule has 2 atom stereocenters. The number of hydrogen-bond donors (Lipinski definition) is 1. The van der Waals surface area contributed by atoms with Gasteiger partial charge in [-0.1, -0.05) is 37.3 Å². The molecule has 18 heavy (non-hydrogen) atoms. The highest BCUT2D eigenvalue weighted by atomic mass is 32.1. The standard InChI is InChI=1S/C15H20N2S/c1-4-14-10-16-15(18-14)12(3)17-11(2)13-8-6-5-7-9-13/h5-12,17H,4H2,1-3H3. The van der Waals surface area contributed by atoms with Gasteiger partial charge < -0.3 is 5.32 Å². The lowest BCUT2D eigenvalue weighted by Gasteiger charge is -2.18. The minimum Gasteiger partial charge on any atom is -0.302 e. The van der Waals surface area contributed by atoms with Crippen molar-refractivity contribution in [1.82, 2.24) is 10.3 Å². The Morgan fingerprint density at radius 1 is 1.17 bits per heavy atom.